The molecule has 1 N–H and O–H groups in total. The average molecular weight is 354 g/mol. The molecule has 8 heteroatoms. The fourth-order valence-corrected chi connectivity index (χ4v) is 2.93. The van der Waals surface area contributed by atoms with Gasteiger partial charge in [-0.3, -0.25) is 0 Å². The third-order valence-corrected chi connectivity index (χ3v) is 3.52. The van der Waals surface area contributed by atoms with Gasteiger partial charge in [-0.25, -0.2) is 9.48 Å². The number of hydrogen-bond acceptors (Lipinski definition) is 3. The first-order valence-corrected chi connectivity index (χ1v) is 6.42. The summed E-state index contributed by atoms with van der Waals surface area (Å²) in [6, 6.07) is 0.212. The second-order valence-electron chi connectivity index (χ2n) is 3.60. The molecule has 6 nitrogen and oxygen atoms in total. The lowest BCUT2D eigenvalue weighted by Gasteiger charge is -2.29. The van der Waals surface area contributed by atoms with Crippen LogP contribution in [0, 0.1) is 0 Å². The Labute approximate surface area is 109 Å². The van der Waals surface area contributed by atoms with Crippen LogP contribution < -0.4 is 0 Å². The zero-order valence-corrected chi connectivity index (χ0v) is 11.5. The maximum absolute atomic E-state index is 10.7. The van der Waals surface area contributed by atoms with E-state index in [1.165, 1.54) is 4.90 Å². The first-order chi connectivity index (χ1) is 7.58. The maximum Gasteiger partial charge on any atom is 0.407 e. The number of halogens is 2. The summed E-state index contributed by atoms with van der Waals surface area (Å²) in [5.41, 5.74) is 0. The average Bonchev–Trinajstić information content (AvgIpc) is 2.58. The topological polar surface area (TPSA) is 71.2 Å². The van der Waals surface area contributed by atoms with Crippen molar-refractivity contribution in [3.05, 3.63) is 9.47 Å². The number of hydrogen-bond donors (Lipinski definition) is 1. The first kappa shape index (κ1) is 11.8. The molecule has 0 aliphatic carbocycles. The van der Waals surface area contributed by atoms with Crippen LogP contribution >= 0.6 is 31.9 Å². The van der Waals surface area contributed by atoms with Crippen LogP contribution in [0.2, 0.25) is 0 Å². The van der Waals surface area contributed by atoms with Crippen molar-refractivity contribution in [2.45, 2.75) is 18.9 Å². The molecule has 1 aliphatic rings. The van der Waals surface area contributed by atoms with Crippen LogP contribution in [-0.4, -0.2) is 44.0 Å². The van der Waals surface area contributed by atoms with E-state index in [9.17, 15) is 4.79 Å². The molecule has 16 heavy (non-hydrogen) atoms. The normalized spacial score (nSPS) is 17.8. The molecule has 1 aliphatic heterocycles. The van der Waals surface area contributed by atoms with E-state index in [0.717, 1.165) is 12.8 Å². The zero-order valence-electron chi connectivity index (χ0n) is 8.31. The second-order valence-corrected chi connectivity index (χ2v) is 5.01. The van der Waals surface area contributed by atoms with E-state index in [1.54, 1.807) is 4.68 Å². The van der Waals surface area contributed by atoms with Crippen LogP contribution in [0.15, 0.2) is 9.47 Å². The van der Waals surface area contributed by atoms with Crippen molar-refractivity contribution in [2.24, 2.45) is 0 Å². The molecule has 2 rings (SSSR count). The highest BCUT2D eigenvalue weighted by atomic mass is 79.9. The number of rotatable bonds is 1. The molecule has 1 amide bonds. The molecule has 2 heterocycles. The van der Waals surface area contributed by atoms with Gasteiger partial charge in [0.1, 0.15) is 0 Å². The minimum atomic E-state index is -0.850. The first-order valence-electron chi connectivity index (χ1n) is 4.83. The molecule has 1 saturated heterocycles. The Bertz CT molecular complexity index is 401. The van der Waals surface area contributed by atoms with Gasteiger partial charge >= 0.3 is 6.09 Å². The van der Waals surface area contributed by atoms with E-state index in [-0.39, 0.29) is 6.04 Å². The summed E-state index contributed by atoms with van der Waals surface area (Å²) in [7, 11) is 0. The van der Waals surface area contributed by atoms with Gasteiger partial charge in [-0.15, -0.1) is 5.10 Å². The number of likely N-dealkylation sites (tertiary alicyclic amines) is 1. The monoisotopic (exact) mass is 352 g/mol. The lowest BCUT2D eigenvalue weighted by molar-refractivity contribution is 0.123. The van der Waals surface area contributed by atoms with Crippen molar-refractivity contribution >= 4 is 38.0 Å². The number of carboxylic acid groups (broad SMARTS) is 1. The van der Waals surface area contributed by atoms with Crippen LogP contribution in [-0.2, 0) is 0 Å². The highest BCUT2D eigenvalue weighted by Crippen LogP contribution is 2.25. The lowest BCUT2D eigenvalue weighted by atomic mass is 10.1. The molecule has 0 atom stereocenters. The summed E-state index contributed by atoms with van der Waals surface area (Å²) in [6.07, 6.45) is 0.679. The quantitative estimate of drug-likeness (QED) is 0.839. The molecule has 0 unspecified atom stereocenters. The van der Waals surface area contributed by atoms with Crippen LogP contribution in [0.3, 0.4) is 0 Å². The molecular formula is C8H10Br2N4O2. The van der Waals surface area contributed by atoms with Gasteiger partial charge in [0.15, 0.2) is 4.73 Å². The van der Waals surface area contributed by atoms with Crippen molar-refractivity contribution < 1.29 is 9.90 Å². The predicted octanol–water partition coefficient (Wildman–Crippen LogP) is 2.12. The Hall–Kier alpha value is -0.630. The fraction of sp³-hybridized carbons (Fsp3) is 0.625. The van der Waals surface area contributed by atoms with Gasteiger partial charge in [-0.1, -0.05) is 0 Å². The van der Waals surface area contributed by atoms with E-state index < -0.39 is 6.09 Å². The number of nitrogens with zero attached hydrogens (tertiary/aromatic N) is 4. The smallest absolute Gasteiger partial charge is 0.407 e. The van der Waals surface area contributed by atoms with Gasteiger partial charge in [0, 0.05) is 13.1 Å². The van der Waals surface area contributed by atoms with Crippen LogP contribution in [0.25, 0.3) is 0 Å². The molecule has 1 aromatic heterocycles. The highest BCUT2D eigenvalue weighted by Gasteiger charge is 2.25. The minimum absolute atomic E-state index is 0.212. The number of piperidine rings is 1. The Morgan fingerprint density at radius 1 is 1.38 bits per heavy atom. The largest absolute Gasteiger partial charge is 0.465 e. The zero-order chi connectivity index (χ0) is 11.7. The molecular weight excluding hydrogens is 344 g/mol. The molecule has 0 spiro atoms. The SMILES string of the molecule is O=C(O)N1CCC(n2nc(Br)nc2Br)CC1. The Morgan fingerprint density at radius 2 is 2.00 bits per heavy atom. The van der Waals surface area contributed by atoms with E-state index in [0.29, 0.717) is 22.6 Å². The Morgan fingerprint density at radius 3 is 2.44 bits per heavy atom. The van der Waals surface area contributed by atoms with E-state index >= 15 is 0 Å². The lowest BCUT2D eigenvalue weighted by Crippen LogP contribution is -2.38. The number of aromatic nitrogens is 3. The summed E-state index contributed by atoms with van der Waals surface area (Å²) >= 11 is 6.53. The summed E-state index contributed by atoms with van der Waals surface area (Å²) in [6.45, 7) is 1.09. The van der Waals surface area contributed by atoms with Crippen molar-refractivity contribution in [3.8, 4) is 0 Å². The van der Waals surface area contributed by atoms with Crippen molar-refractivity contribution in [2.75, 3.05) is 13.1 Å². The summed E-state index contributed by atoms with van der Waals surface area (Å²) in [5.74, 6) is 0. The van der Waals surface area contributed by atoms with E-state index in [4.69, 9.17) is 5.11 Å². The van der Waals surface area contributed by atoms with Crippen molar-refractivity contribution in [3.63, 3.8) is 0 Å². The summed E-state index contributed by atoms with van der Waals surface area (Å²) in [4.78, 5) is 16.3. The minimum Gasteiger partial charge on any atom is -0.465 e. The molecule has 1 fully saturated rings. The molecule has 0 aromatic carbocycles. The maximum atomic E-state index is 10.7. The van der Waals surface area contributed by atoms with Gasteiger partial charge < -0.3 is 10.0 Å². The van der Waals surface area contributed by atoms with Gasteiger partial charge in [0.2, 0.25) is 4.73 Å². The third-order valence-electron chi connectivity index (χ3n) is 2.64. The van der Waals surface area contributed by atoms with Gasteiger partial charge in [0.05, 0.1) is 6.04 Å². The predicted molar refractivity (Wildman–Crippen MR) is 63.3 cm³/mol. The van der Waals surface area contributed by atoms with Gasteiger partial charge in [0.25, 0.3) is 0 Å². The fourth-order valence-electron chi connectivity index (χ4n) is 1.81. The highest BCUT2D eigenvalue weighted by molar-refractivity contribution is 9.11. The molecule has 1 aromatic rings. The standard InChI is InChI=1S/C8H10Br2N4O2/c9-6-11-7(10)14(12-6)5-1-3-13(4-2-5)8(15)16/h5H,1-4H2,(H,15,16). The van der Waals surface area contributed by atoms with Crippen LogP contribution in [0.1, 0.15) is 18.9 Å². The molecule has 0 bridgehead atoms. The van der Waals surface area contributed by atoms with Crippen molar-refractivity contribution in [1.82, 2.24) is 19.7 Å². The van der Waals surface area contributed by atoms with E-state index in [2.05, 4.69) is 41.9 Å². The van der Waals surface area contributed by atoms with Crippen LogP contribution in [0.5, 0.6) is 0 Å². The number of carbonyl (C=O) groups is 1. The van der Waals surface area contributed by atoms with Gasteiger partial charge in [-0.2, -0.15) is 4.98 Å². The second kappa shape index (κ2) is 4.70. The van der Waals surface area contributed by atoms with E-state index in [1.807, 2.05) is 0 Å². The molecule has 0 saturated carbocycles. The van der Waals surface area contributed by atoms with Gasteiger partial charge in [-0.05, 0) is 44.7 Å². The number of amides is 1. The Kier molecular flexibility index (Phi) is 3.48. The summed E-state index contributed by atoms with van der Waals surface area (Å²) in [5, 5.41) is 13.0. The molecule has 88 valence electrons. The molecule has 0 radical (unpaired) electrons. The third kappa shape index (κ3) is 2.37. The summed E-state index contributed by atoms with van der Waals surface area (Å²) < 4.78 is 3.01. The van der Waals surface area contributed by atoms with Crippen LogP contribution in [0.4, 0.5) is 4.79 Å². The van der Waals surface area contributed by atoms with Crippen molar-refractivity contribution in [1.29, 1.82) is 0 Å². The Balaban J connectivity index is 2.04.